The Bertz CT molecular complexity index is 1160. The van der Waals surface area contributed by atoms with Crippen LogP contribution in [0.15, 0.2) is 36.4 Å². The molecule has 1 N–H and O–H groups in total. The molecule has 1 aromatic heterocycles. The van der Waals surface area contributed by atoms with Crippen LogP contribution in [0.4, 0.5) is 18.0 Å². The van der Waals surface area contributed by atoms with Gasteiger partial charge in [0.05, 0.1) is 11.2 Å². The first-order chi connectivity index (χ1) is 15.3. The maximum absolute atomic E-state index is 14.5. The topological polar surface area (TPSA) is 39.3 Å². The first kappa shape index (κ1) is 20.9. The molecule has 1 saturated carbocycles. The summed E-state index contributed by atoms with van der Waals surface area (Å²) in [5.41, 5.74) is 2.57. The summed E-state index contributed by atoms with van der Waals surface area (Å²) < 4.78 is 42.0. The highest BCUT2D eigenvalue weighted by molar-refractivity contribution is 5.92. The van der Waals surface area contributed by atoms with E-state index in [1.54, 1.807) is 17.0 Å². The van der Waals surface area contributed by atoms with E-state index in [1.165, 1.54) is 18.2 Å². The molecule has 4 nitrogen and oxygen atoms in total. The Morgan fingerprint density at radius 3 is 2.44 bits per heavy atom. The van der Waals surface area contributed by atoms with Crippen molar-refractivity contribution in [3.05, 3.63) is 59.4 Å². The number of nitrogens with zero attached hydrogens (tertiary/aromatic N) is 2. The van der Waals surface area contributed by atoms with Crippen molar-refractivity contribution in [1.82, 2.24) is 14.8 Å². The van der Waals surface area contributed by atoms with E-state index in [4.69, 9.17) is 0 Å². The lowest BCUT2D eigenvalue weighted by Gasteiger charge is -2.42. The molecule has 32 heavy (non-hydrogen) atoms. The maximum Gasteiger partial charge on any atom is 0.319 e. The fraction of sp³-hybridized carbons (Fsp3) is 0.400. The number of amides is 2. The number of urea groups is 1. The lowest BCUT2D eigenvalue weighted by atomic mass is 9.70. The molecular weight excluding hydrogens is 415 g/mol. The molecule has 0 atom stereocenters. The van der Waals surface area contributed by atoms with Gasteiger partial charge in [-0.3, -0.25) is 0 Å². The zero-order chi connectivity index (χ0) is 22.6. The van der Waals surface area contributed by atoms with Crippen molar-refractivity contribution in [3.63, 3.8) is 0 Å². The van der Waals surface area contributed by atoms with E-state index in [0.717, 1.165) is 43.1 Å². The molecule has 0 bridgehead atoms. The van der Waals surface area contributed by atoms with Gasteiger partial charge in [0.1, 0.15) is 17.5 Å². The predicted octanol–water partition coefficient (Wildman–Crippen LogP) is 5.75. The van der Waals surface area contributed by atoms with Crippen molar-refractivity contribution in [1.29, 1.82) is 0 Å². The van der Waals surface area contributed by atoms with Gasteiger partial charge >= 0.3 is 6.03 Å². The first-order valence-electron chi connectivity index (χ1n) is 11.1. The number of carbonyl (C=O) groups excluding carboxylic acids is 1. The summed E-state index contributed by atoms with van der Waals surface area (Å²) in [6.07, 6.45) is 1.65. The number of carbonyl (C=O) groups is 1. The second-order valence-corrected chi connectivity index (χ2v) is 9.44. The maximum atomic E-state index is 14.5. The average molecular weight is 441 g/mol. The number of halogens is 3. The summed E-state index contributed by atoms with van der Waals surface area (Å²) in [5.74, 6) is -0.602. The molecule has 2 aliphatic rings. The van der Waals surface area contributed by atoms with Gasteiger partial charge in [-0.15, -0.1) is 0 Å². The lowest BCUT2D eigenvalue weighted by Crippen LogP contribution is -2.54. The second kappa shape index (κ2) is 7.87. The van der Waals surface area contributed by atoms with Crippen LogP contribution in [0, 0.1) is 29.3 Å². The van der Waals surface area contributed by atoms with Crippen LogP contribution in [-0.4, -0.2) is 47.5 Å². The van der Waals surface area contributed by atoms with Crippen LogP contribution >= 0.6 is 0 Å². The van der Waals surface area contributed by atoms with Gasteiger partial charge in [-0.1, -0.05) is 6.92 Å². The summed E-state index contributed by atoms with van der Waals surface area (Å²) in [7, 11) is 1.83. The summed E-state index contributed by atoms with van der Waals surface area (Å²) >= 11 is 0. The van der Waals surface area contributed by atoms with Crippen molar-refractivity contribution in [3.8, 4) is 11.3 Å². The van der Waals surface area contributed by atoms with Crippen molar-refractivity contribution in [2.24, 2.45) is 11.8 Å². The number of benzene rings is 2. The molecule has 1 aliphatic carbocycles. The molecule has 0 radical (unpaired) electrons. The minimum absolute atomic E-state index is 0.0646. The number of likely N-dealkylation sites (tertiary alicyclic amines) is 1. The summed E-state index contributed by atoms with van der Waals surface area (Å²) in [5, 5.41) is 0.532. The number of aromatic nitrogens is 1. The van der Waals surface area contributed by atoms with Crippen molar-refractivity contribution in [2.45, 2.75) is 25.7 Å². The second-order valence-electron chi connectivity index (χ2n) is 9.44. The van der Waals surface area contributed by atoms with Gasteiger partial charge in [-0.25, -0.2) is 18.0 Å². The zero-order valence-electron chi connectivity index (χ0n) is 18.2. The van der Waals surface area contributed by atoms with Crippen LogP contribution in [0.25, 0.3) is 22.2 Å². The molecule has 0 spiro atoms. The summed E-state index contributed by atoms with van der Waals surface area (Å²) in [6.45, 7) is 4.41. The SMILES string of the molecule is CC1CN(C(=O)N(C)CC2CC(c3c(-c4ccc(F)cc4)[nH]c4c(F)cc(F)cc34)C2)C1. The molecule has 3 aromatic rings. The Hall–Kier alpha value is -2.96. The Morgan fingerprint density at radius 1 is 1.09 bits per heavy atom. The normalized spacial score (nSPS) is 20.8. The van der Waals surface area contributed by atoms with E-state index >= 15 is 0 Å². The van der Waals surface area contributed by atoms with Gasteiger partial charge in [0.15, 0.2) is 0 Å². The minimum atomic E-state index is -0.639. The molecule has 2 fully saturated rings. The van der Waals surface area contributed by atoms with Gasteiger partial charge in [0.25, 0.3) is 0 Å². The Kier molecular flexibility index (Phi) is 5.14. The van der Waals surface area contributed by atoms with Gasteiger partial charge in [-0.05, 0) is 72.1 Å². The van der Waals surface area contributed by atoms with Crippen molar-refractivity contribution < 1.29 is 18.0 Å². The Balaban J connectivity index is 1.39. The monoisotopic (exact) mass is 441 g/mol. The molecule has 5 rings (SSSR count). The lowest BCUT2D eigenvalue weighted by molar-refractivity contribution is 0.0922. The largest absolute Gasteiger partial charge is 0.352 e. The number of aromatic amines is 1. The predicted molar refractivity (Wildman–Crippen MR) is 118 cm³/mol. The molecule has 2 aromatic carbocycles. The molecule has 2 heterocycles. The smallest absolute Gasteiger partial charge is 0.319 e. The summed E-state index contributed by atoms with van der Waals surface area (Å²) in [6, 6.07) is 8.33. The molecule has 1 aliphatic heterocycles. The van der Waals surface area contributed by atoms with Gasteiger partial charge in [0.2, 0.25) is 0 Å². The van der Waals surface area contributed by atoms with Gasteiger partial charge in [-0.2, -0.15) is 0 Å². The van der Waals surface area contributed by atoms with Crippen LogP contribution in [0.3, 0.4) is 0 Å². The fourth-order valence-electron chi connectivity index (χ4n) is 5.19. The fourth-order valence-corrected chi connectivity index (χ4v) is 5.19. The molecule has 7 heteroatoms. The highest BCUT2D eigenvalue weighted by atomic mass is 19.1. The van der Waals surface area contributed by atoms with Crippen LogP contribution in [0.1, 0.15) is 31.2 Å². The number of nitrogens with one attached hydrogen (secondary N) is 1. The third kappa shape index (κ3) is 3.63. The molecular formula is C25H26F3N3O. The third-order valence-corrected chi connectivity index (χ3v) is 6.83. The highest BCUT2D eigenvalue weighted by Crippen LogP contribution is 2.48. The van der Waals surface area contributed by atoms with Crippen LogP contribution < -0.4 is 0 Å². The summed E-state index contributed by atoms with van der Waals surface area (Å²) in [4.78, 5) is 19.3. The number of rotatable bonds is 4. The number of fused-ring (bicyclic) bond motifs is 1. The Labute approximate surface area is 185 Å². The zero-order valence-corrected chi connectivity index (χ0v) is 18.2. The van der Waals surface area contributed by atoms with E-state index in [2.05, 4.69) is 11.9 Å². The highest BCUT2D eigenvalue weighted by Gasteiger charge is 2.37. The Morgan fingerprint density at radius 2 is 1.78 bits per heavy atom. The van der Waals surface area contributed by atoms with E-state index in [1.807, 2.05) is 11.9 Å². The van der Waals surface area contributed by atoms with Gasteiger partial charge in [0, 0.05) is 38.1 Å². The van der Waals surface area contributed by atoms with E-state index in [-0.39, 0.29) is 23.3 Å². The quantitative estimate of drug-likeness (QED) is 0.550. The van der Waals surface area contributed by atoms with Gasteiger partial charge < -0.3 is 14.8 Å². The van der Waals surface area contributed by atoms with Crippen molar-refractivity contribution in [2.75, 3.05) is 26.7 Å². The van der Waals surface area contributed by atoms with Crippen molar-refractivity contribution >= 4 is 16.9 Å². The van der Waals surface area contributed by atoms with E-state index in [9.17, 15) is 18.0 Å². The average Bonchev–Trinajstić information content (AvgIpc) is 3.07. The molecule has 0 unspecified atom stereocenters. The molecule has 168 valence electrons. The van der Waals surface area contributed by atoms with Crippen LogP contribution in [0.5, 0.6) is 0 Å². The van der Waals surface area contributed by atoms with E-state index < -0.39 is 11.6 Å². The number of hydrogen-bond donors (Lipinski definition) is 1. The molecule has 1 saturated heterocycles. The number of H-pyrrole nitrogens is 1. The number of hydrogen-bond acceptors (Lipinski definition) is 1. The molecule has 2 amide bonds. The first-order valence-corrected chi connectivity index (χ1v) is 11.1. The third-order valence-electron chi connectivity index (χ3n) is 6.83. The van der Waals surface area contributed by atoms with E-state index in [0.29, 0.717) is 29.5 Å². The minimum Gasteiger partial charge on any atom is -0.352 e. The van der Waals surface area contributed by atoms with Crippen LogP contribution in [0.2, 0.25) is 0 Å². The van der Waals surface area contributed by atoms with Crippen LogP contribution in [-0.2, 0) is 0 Å². The standard InChI is InChI=1S/C25H26F3N3O/c1-14-11-31(12-14)25(32)30(2)13-15-7-17(8-15)22-20-9-19(27)10-21(28)24(20)29-23(22)16-3-5-18(26)6-4-16/h3-6,9-10,14-15,17,29H,7-8,11-13H2,1-2H3.